The molecule has 2 atom stereocenters. The highest BCUT2D eigenvalue weighted by atomic mass is 16.7. The first kappa shape index (κ1) is 23.8. The minimum absolute atomic E-state index is 0.0669. The number of para-hydroxylation sites is 1. The van der Waals surface area contributed by atoms with Crippen LogP contribution < -0.4 is 21.3 Å². The third-order valence-electron chi connectivity index (χ3n) is 7.17. The Morgan fingerprint density at radius 1 is 0.971 bits per heavy atom. The van der Waals surface area contributed by atoms with Crippen molar-refractivity contribution in [3.8, 4) is 11.5 Å². The van der Waals surface area contributed by atoms with Crippen molar-refractivity contribution in [1.82, 2.24) is 5.32 Å². The number of ether oxygens (including phenoxy) is 3. The van der Waals surface area contributed by atoms with Crippen molar-refractivity contribution >= 4 is 12.6 Å². The van der Waals surface area contributed by atoms with Gasteiger partial charge in [0.15, 0.2) is 0 Å². The predicted molar refractivity (Wildman–Crippen MR) is 131 cm³/mol. The van der Waals surface area contributed by atoms with E-state index >= 15 is 0 Å². The summed E-state index contributed by atoms with van der Waals surface area (Å²) in [4.78, 5) is 0. The molecule has 2 fully saturated rings. The molecule has 182 valence electrons. The Morgan fingerprint density at radius 2 is 1.62 bits per heavy atom. The van der Waals surface area contributed by atoms with Gasteiger partial charge < -0.3 is 23.5 Å². The third-order valence-corrected chi connectivity index (χ3v) is 7.17. The lowest BCUT2D eigenvalue weighted by molar-refractivity contribution is -0.230. The molecule has 2 unspecified atom stereocenters. The fourth-order valence-corrected chi connectivity index (χ4v) is 4.54. The first-order valence-electron chi connectivity index (χ1n) is 11.9. The summed E-state index contributed by atoms with van der Waals surface area (Å²) in [7, 11) is -0.494. The maximum absolute atomic E-state index is 6.57. The fourth-order valence-electron chi connectivity index (χ4n) is 4.54. The number of nitrogens with two attached hydrogens (primary N) is 1. The van der Waals surface area contributed by atoms with E-state index in [0.29, 0.717) is 6.61 Å². The van der Waals surface area contributed by atoms with Crippen LogP contribution in [0.15, 0.2) is 42.5 Å². The van der Waals surface area contributed by atoms with Gasteiger partial charge in [0.2, 0.25) is 0 Å². The lowest BCUT2D eigenvalue weighted by Gasteiger charge is -2.38. The topological polar surface area (TPSA) is 84.2 Å². The summed E-state index contributed by atoms with van der Waals surface area (Å²) in [5, 5.41) is 3.49. The molecular weight excluding hydrogens is 431 g/mol. The van der Waals surface area contributed by atoms with Crippen LogP contribution in [0.1, 0.15) is 59.6 Å². The molecule has 3 aliphatic heterocycles. The van der Waals surface area contributed by atoms with Gasteiger partial charge in [-0.15, -0.1) is 0 Å². The van der Waals surface area contributed by atoms with Gasteiger partial charge in [-0.2, -0.15) is 0 Å². The third kappa shape index (κ3) is 3.86. The standard InChI is InChI=1S/C26H35BN2O5/c1-22(2,3)15-30-26(28)29-25(16-31-26)18-10-8-9-11-20(18)32-21-13-12-17(14-19(21)25)27-33-23(4,5)24(6,7)34-27/h8-14,29H,15-16,28H2,1-7H3. The van der Waals surface area contributed by atoms with Crippen molar-refractivity contribution in [2.45, 2.75) is 71.2 Å². The summed E-state index contributed by atoms with van der Waals surface area (Å²) in [5.74, 6) is 1.49. The number of fused-ring (bicyclic) bond motifs is 4. The second-order valence-electron chi connectivity index (χ2n) is 11.8. The summed E-state index contributed by atoms with van der Waals surface area (Å²) in [6.07, 6.45) is 0. The van der Waals surface area contributed by atoms with Gasteiger partial charge in [0.05, 0.1) is 24.4 Å². The number of nitrogens with one attached hydrogen (secondary N) is 1. The summed E-state index contributed by atoms with van der Waals surface area (Å²) < 4.78 is 31.1. The van der Waals surface area contributed by atoms with E-state index in [2.05, 4.69) is 32.2 Å². The highest BCUT2D eigenvalue weighted by Crippen LogP contribution is 2.50. The van der Waals surface area contributed by atoms with E-state index in [0.717, 1.165) is 28.1 Å². The summed E-state index contributed by atoms with van der Waals surface area (Å²) >= 11 is 0. The normalized spacial score (nSPS) is 29.1. The van der Waals surface area contributed by atoms with Crippen LogP contribution in [0.25, 0.3) is 0 Å². The molecule has 2 aromatic rings. The highest BCUT2D eigenvalue weighted by molar-refractivity contribution is 6.62. The van der Waals surface area contributed by atoms with Crippen molar-refractivity contribution in [2.24, 2.45) is 11.1 Å². The van der Waals surface area contributed by atoms with Crippen molar-refractivity contribution in [1.29, 1.82) is 0 Å². The second kappa shape index (κ2) is 7.53. The monoisotopic (exact) mass is 466 g/mol. The van der Waals surface area contributed by atoms with Crippen LogP contribution in [0.3, 0.4) is 0 Å². The van der Waals surface area contributed by atoms with Crippen LogP contribution in [0.5, 0.6) is 11.5 Å². The molecule has 34 heavy (non-hydrogen) atoms. The lowest BCUT2D eigenvalue weighted by Crippen LogP contribution is -2.59. The molecule has 7 nitrogen and oxygen atoms in total. The van der Waals surface area contributed by atoms with Gasteiger partial charge in [0.1, 0.15) is 17.0 Å². The zero-order valence-electron chi connectivity index (χ0n) is 21.2. The largest absolute Gasteiger partial charge is 0.494 e. The molecule has 2 aromatic carbocycles. The van der Waals surface area contributed by atoms with Gasteiger partial charge >= 0.3 is 7.12 Å². The van der Waals surface area contributed by atoms with E-state index in [4.69, 9.17) is 29.3 Å². The maximum Gasteiger partial charge on any atom is 0.494 e. The van der Waals surface area contributed by atoms with Gasteiger partial charge in [-0.05, 0) is 50.7 Å². The Labute approximate surface area is 202 Å². The Kier molecular flexibility index (Phi) is 5.27. The zero-order valence-corrected chi connectivity index (χ0v) is 21.2. The Morgan fingerprint density at radius 3 is 2.29 bits per heavy atom. The van der Waals surface area contributed by atoms with Gasteiger partial charge in [0.25, 0.3) is 6.03 Å². The van der Waals surface area contributed by atoms with Crippen LogP contribution in [-0.4, -0.2) is 37.6 Å². The van der Waals surface area contributed by atoms with Crippen LogP contribution in [0, 0.1) is 5.41 Å². The minimum atomic E-state index is -1.44. The highest BCUT2D eigenvalue weighted by Gasteiger charge is 2.56. The number of hydrogen-bond donors (Lipinski definition) is 2. The average Bonchev–Trinajstić information content (AvgIpc) is 3.20. The SMILES string of the molecule is CC(C)(C)COC1(N)NC2(CO1)c1ccccc1Oc1ccc(B3OC(C)(C)C(C)(C)O3)cc12. The second-order valence-corrected chi connectivity index (χ2v) is 11.8. The molecule has 0 aromatic heterocycles. The molecule has 3 N–H and O–H groups in total. The predicted octanol–water partition coefficient (Wildman–Crippen LogP) is 3.59. The molecule has 2 saturated heterocycles. The van der Waals surface area contributed by atoms with Crippen molar-refractivity contribution in [2.75, 3.05) is 13.2 Å². The number of hydrogen-bond acceptors (Lipinski definition) is 7. The van der Waals surface area contributed by atoms with Gasteiger partial charge in [-0.25, -0.2) is 5.32 Å². The van der Waals surface area contributed by atoms with Crippen LogP contribution in [0.4, 0.5) is 0 Å². The minimum Gasteiger partial charge on any atom is -0.457 e. The number of rotatable bonds is 3. The fraction of sp³-hybridized carbons (Fsp3) is 0.538. The van der Waals surface area contributed by atoms with Crippen molar-refractivity contribution in [3.05, 3.63) is 53.6 Å². The van der Waals surface area contributed by atoms with Crippen molar-refractivity contribution < 1.29 is 23.5 Å². The van der Waals surface area contributed by atoms with Crippen LogP contribution in [0.2, 0.25) is 0 Å². The molecule has 3 heterocycles. The van der Waals surface area contributed by atoms with Crippen LogP contribution in [-0.2, 0) is 24.3 Å². The molecular formula is C26H35BN2O5. The summed E-state index contributed by atoms with van der Waals surface area (Å²) in [5.41, 5.74) is 7.64. The van der Waals surface area contributed by atoms with Crippen molar-refractivity contribution in [3.63, 3.8) is 0 Å². The molecule has 0 bridgehead atoms. The van der Waals surface area contributed by atoms with E-state index in [1.54, 1.807) is 0 Å². The number of benzene rings is 2. The molecule has 5 rings (SSSR count). The van der Waals surface area contributed by atoms with E-state index in [9.17, 15) is 0 Å². The van der Waals surface area contributed by atoms with Crippen LogP contribution >= 0.6 is 0 Å². The molecule has 8 heteroatoms. The van der Waals surface area contributed by atoms with E-state index in [1.807, 2.05) is 64.1 Å². The van der Waals surface area contributed by atoms with Gasteiger partial charge in [0, 0.05) is 11.1 Å². The molecule has 0 amide bonds. The quantitative estimate of drug-likeness (QED) is 0.529. The van der Waals surface area contributed by atoms with Gasteiger partial charge in [-0.3, -0.25) is 5.73 Å². The Balaban J connectivity index is 1.56. The summed E-state index contributed by atoms with van der Waals surface area (Å²) in [6, 6.07) is 12.5. The van der Waals surface area contributed by atoms with E-state index in [1.165, 1.54) is 0 Å². The van der Waals surface area contributed by atoms with E-state index in [-0.39, 0.29) is 12.0 Å². The molecule has 0 saturated carbocycles. The lowest BCUT2D eigenvalue weighted by atomic mass is 9.74. The average molecular weight is 466 g/mol. The first-order chi connectivity index (χ1) is 15.7. The smallest absolute Gasteiger partial charge is 0.457 e. The molecule has 0 aliphatic carbocycles. The maximum atomic E-state index is 6.57. The first-order valence-corrected chi connectivity index (χ1v) is 11.9. The molecule has 3 aliphatic rings. The Hall–Kier alpha value is -1.94. The molecule has 1 spiro atoms. The van der Waals surface area contributed by atoms with E-state index < -0.39 is 29.9 Å². The summed E-state index contributed by atoms with van der Waals surface area (Å²) in [6.45, 7) is 15.2. The Bertz CT molecular complexity index is 1100. The molecule has 0 radical (unpaired) electrons. The zero-order chi connectivity index (χ0) is 24.6. The van der Waals surface area contributed by atoms with Gasteiger partial charge in [-0.1, -0.05) is 51.1 Å².